The molecule has 210 valence electrons. The Morgan fingerprint density at radius 1 is 0.477 bits per heavy atom. The van der Waals surface area contributed by atoms with E-state index in [0.717, 1.165) is 16.7 Å². The maximum atomic E-state index is 5.07. The van der Waals surface area contributed by atoms with Gasteiger partial charge in [0.25, 0.3) is 0 Å². The smallest absolute Gasteiger partial charge is 0.164 e. The lowest BCUT2D eigenvalue weighted by molar-refractivity contribution is 0.374. The minimum Gasteiger partial charge on any atom is -0.208 e. The summed E-state index contributed by atoms with van der Waals surface area (Å²) in [5.74, 6) is 2.58. The van der Waals surface area contributed by atoms with Crippen LogP contribution in [0, 0.1) is 11.8 Å². The second kappa shape index (κ2) is 10.7. The number of benzene rings is 5. The molecule has 6 aromatic rings. The monoisotopic (exact) mass is 565 g/mol. The highest BCUT2D eigenvalue weighted by Gasteiger charge is 2.50. The molecule has 8 rings (SSSR count). The quantitative estimate of drug-likeness (QED) is 0.209. The molecule has 0 spiro atoms. The van der Waals surface area contributed by atoms with Gasteiger partial charge < -0.3 is 0 Å². The SMILES string of the molecule is CC1C=CC=CC1C1(c2ccccc2)c2ccccc2-c2ccc(-c3nc(-c4ccccc4)nc(-c4ccccc4)n3)cc21. The molecule has 0 saturated carbocycles. The molecule has 3 nitrogen and oxygen atoms in total. The van der Waals surface area contributed by atoms with Crippen molar-refractivity contribution in [2.75, 3.05) is 0 Å². The molecular formula is C41H31N3. The lowest BCUT2D eigenvalue weighted by Gasteiger charge is -2.42. The summed E-state index contributed by atoms with van der Waals surface area (Å²) in [7, 11) is 0. The first-order valence-electron chi connectivity index (χ1n) is 15.3. The Bertz CT molecular complexity index is 1970. The Labute approximate surface area is 258 Å². The van der Waals surface area contributed by atoms with E-state index in [-0.39, 0.29) is 11.3 Å². The van der Waals surface area contributed by atoms with E-state index < -0.39 is 0 Å². The zero-order valence-corrected chi connectivity index (χ0v) is 24.5. The summed E-state index contributed by atoms with van der Waals surface area (Å²) in [5, 5.41) is 0. The first kappa shape index (κ1) is 26.2. The molecular weight excluding hydrogens is 534 g/mol. The molecule has 5 aromatic carbocycles. The van der Waals surface area contributed by atoms with Crippen molar-refractivity contribution in [3.8, 4) is 45.3 Å². The van der Waals surface area contributed by atoms with Crippen LogP contribution in [0.15, 0.2) is 158 Å². The minimum absolute atomic E-state index is 0.227. The van der Waals surface area contributed by atoms with Crippen molar-refractivity contribution in [2.24, 2.45) is 11.8 Å². The van der Waals surface area contributed by atoms with E-state index in [1.54, 1.807) is 0 Å². The second-order valence-corrected chi connectivity index (χ2v) is 11.7. The lowest BCUT2D eigenvalue weighted by atomic mass is 9.59. The first-order valence-corrected chi connectivity index (χ1v) is 15.3. The number of nitrogens with zero attached hydrogens (tertiary/aromatic N) is 3. The molecule has 3 unspecified atom stereocenters. The Hall–Kier alpha value is -5.41. The first-order chi connectivity index (χ1) is 21.7. The summed E-state index contributed by atoms with van der Waals surface area (Å²) in [6.07, 6.45) is 9.13. The summed E-state index contributed by atoms with van der Waals surface area (Å²) in [6.45, 7) is 2.34. The molecule has 0 radical (unpaired) electrons. The second-order valence-electron chi connectivity index (χ2n) is 11.7. The highest BCUT2D eigenvalue weighted by atomic mass is 15.0. The van der Waals surface area contributed by atoms with Crippen molar-refractivity contribution in [3.05, 3.63) is 174 Å². The van der Waals surface area contributed by atoms with Crippen LogP contribution in [0.2, 0.25) is 0 Å². The van der Waals surface area contributed by atoms with Crippen LogP contribution in [0.5, 0.6) is 0 Å². The van der Waals surface area contributed by atoms with Gasteiger partial charge in [-0.15, -0.1) is 0 Å². The molecule has 1 heterocycles. The molecule has 0 bridgehead atoms. The predicted octanol–water partition coefficient (Wildman–Crippen LogP) is 9.57. The fraction of sp³-hybridized carbons (Fsp3) is 0.0976. The van der Waals surface area contributed by atoms with Crippen LogP contribution >= 0.6 is 0 Å². The van der Waals surface area contributed by atoms with Crippen LogP contribution in [-0.4, -0.2) is 15.0 Å². The molecule has 3 atom stereocenters. The van der Waals surface area contributed by atoms with Crippen LogP contribution in [0.1, 0.15) is 23.6 Å². The number of fused-ring (bicyclic) bond motifs is 3. The Kier molecular flexibility index (Phi) is 6.38. The van der Waals surface area contributed by atoms with Crippen molar-refractivity contribution in [1.29, 1.82) is 0 Å². The molecule has 2 aliphatic rings. The van der Waals surface area contributed by atoms with Crippen LogP contribution < -0.4 is 0 Å². The average molecular weight is 566 g/mol. The molecule has 44 heavy (non-hydrogen) atoms. The Balaban J connectivity index is 1.39. The van der Waals surface area contributed by atoms with E-state index in [4.69, 9.17) is 15.0 Å². The van der Waals surface area contributed by atoms with Gasteiger partial charge in [-0.3, -0.25) is 0 Å². The topological polar surface area (TPSA) is 38.7 Å². The summed E-state index contributed by atoms with van der Waals surface area (Å²) < 4.78 is 0. The van der Waals surface area contributed by atoms with Gasteiger partial charge in [-0.1, -0.05) is 159 Å². The third-order valence-electron chi connectivity index (χ3n) is 9.18. The van der Waals surface area contributed by atoms with E-state index in [2.05, 4.69) is 128 Å². The highest BCUT2D eigenvalue weighted by Crippen LogP contribution is 2.59. The van der Waals surface area contributed by atoms with Crippen LogP contribution in [-0.2, 0) is 5.41 Å². The summed E-state index contributed by atoms with van der Waals surface area (Å²) in [6, 6.07) is 47.1. The third kappa shape index (κ3) is 4.16. The molecule has 1 aromatic heterocycles. The van der Waals surface area contributed by atoms with Gasteiger partial charge in [0, 0.05) is 22.6 Å². The number of allylic oxidation sites excluding steroid dienone is 4. The van der Waals surface area contributed by atoms with Gasteiger partial charge in [-0.2, -0.15) is 0 Å². The molecule has 0 fully saturated rings. The molecule has 0 N–H and O–H groups in total. The van der Waals surface area contributed by atoms with Crippen molar-refractivity contribution >= 4 is 0 Å². The average Bonchev–Trinajstić information content (AvgIpc) is 3.40. The van der Waals surface area contributed by atoms with E-state index in [9.17, 15) is 0 Å². The van der Waals surface area contributed by atoms with Gasteiger partial charge in [0.15, 0.2) is 17.5 Å². The fourth-order valence-corrected chi connectivity index (χ4v) is 7.21. The lowest BCUT2D eigenvalue weighted by Crippen LogP contribution is -2.38. The maximum Gasteiger partial charge on any atom is 0.164 e. The summed E-state index contributed by atoms with van der Waals surface area (Å²) in [5.41, 5.74) is 9.04. The summed E-state index contributed by atoms with van der Waals surface area (Å²) >= 11 is 0. The van der Waals surface area contributed by atoms with Gasteiger partial charge in [0.05, 0.1) is 5.41 Å². The van der Waals surface area contributed by atoms with Gasteiger partial charge in [-0.25, -0.2) is 15.0 Å². The maximum absolute atomic E-state index is 5.07. The molecule has 0 aliphatic heterocycles. The number of hydrogen-bond acceptors (Lipinski definition) is 3. The van der Waals surface area contributed by atoms with Crippen molar-refractivity contribution in [1.82, 2.24) is 15.0 Å². The van der Waals surface area contributed by atoms with Crippen molar-refractivity contribution < 1.29 is 0 Å². The Morgan fingerprint density at radius 3 is 1.64 bits per heavy atom. The molecule has 2 aliphatic carbocycles. The molecule has 0 amide bonds. The minimum atomic E-state index is -0.374. The zero-order chi connectivity index (χ0) is 29.5. The molecule has 3 heteroatoms. The number of rotatable bonds is 5. The third-order valence-corrected chi connectivity index (χ3v) is 9.18. The van der Waals surface area contributed by atoms with Crippen molar-refractivity contribution in [2.45, 2.75) is 12.3 Å². The molecule has 0 saturated heterocycles. The van der Waals surface area contributed by atoms with Crippen LogP contribution in [0.4, 0.5) is 0 Å². The van der Waals surface area contributed by atoms with Crippen molar-refractivity contribution in [3.63, 3.8) is 0 Å². The fourth-order valence-electron chi connectivity index (χ4n) is 7.21. The van der Waals surface area contributed by atoms with Crippen LogP contribution in [0.3, 0.4) is 0 Å². The predicted molar refractivity (Wildman–Crippen MR) is 179 cm³/mol. The van der Waals surface area contributed by atoms with Gasteiger partial charge >= 0.3 is 0 Å². The van der Waals surface area contributed by atoms with E-state index >= 15 is 0 Å². The van der Waals surface area contributed by atoms with Crippen LogP contribution in [0.25, 0.3) is 45.3 Å². The normalized spacial score (nSPS) is 19.8. The van der Waals surface area contributed by atoms with E-state index in [0.29, 0.717) is 23.4 Å². The Morgan fingerprint density at radius 2 is 1.00 bits per heavy atom. The number of aromatic nitrogens is 3. The highest BCUT2D eigenvalue weighted by molar-refractivity contribution is 5.86. The largest absolute Gasteiger partial charge is 0.208 e. The standard InChI is InChI=1S/C41H31N3/c1-28-15-11-13-23-35(28)41(32-20-9-4-10-21-32)36-24-14-12-22-33(36)34-26-25-31(27-37(34)41)40-43-38(29-16-5-2-6-17-29)42-39(44-40)30-18-7-3-8-19-30/h2-28,35H,1H3. The van der Waals surface area contributed by atoms with E-state index in [1.165, 1.54) is 27.8 Å². The van der Waals surface area contributed by atoms with Gasteiger partial charge in [0.1, 0.15) is 0 Å². The number of hydrogen-bond donors (Lipinski definition) is 0. The van der Waals surface area contributed by atoms with E-state index in [1.807, 2.05) is 36.4 Å². The summed E-state index contributed by atoms with van der Waals surface area (Å²) in [4.78, 5) is 15.1. The zero-order valence-electron chi connectivity index (χ0n) is 24.5. The van der Waals surface area contributed by atoms with Gasteiger partial charge in [0.2, 0.25) is 0 Å². The van der Waals surface area contributed by atoms with Gasteiger partial charge in [-0.05, 0) is 39.8 Å².